The van der Waals surface area contributed by atoms with Crippen molar-refractivity contribution >= 4 is 23.4 Å². The van der Waals surface area contributed by atoms with E-state index in [1.165, 1.54) is 0 Å². The molecule has 2 rings (SSSR count). The first-order valence-electron chi connectivity index (χ1n) is 7.02. The average Bonchev–Trinajstić information content (AvgIpc) is 2.78. The van der Waals surface area contributed by atoms with Crippen molar-refractivity contribution in [1.29, 1.82) is 0 Å². The second-order valence-electron chi connectivity index (χ2n) is 5.30. The molecule has 0 saturated carbocycles. The predicted molar refractivity (Wildman–Crippen MR) is 78.2 cm³/mol. The van der Waals surface area contributed by atoms with Crippen LogP contribution in [0.5, 0.6) is 0 Å². The fraction of sp³-hybridized carbons (Fsp3) is 0.643. The lowest BCUT2D eigenvalue weighted by atomic mass is 10.1. The molecule has 1 unspecified atom stereocenters. The number of amides is 2. The SMILES string of the molecule is Cc1noc(C)c1CC(=O)N1CCN(C(=O)C(C)Cl)CC1. The number of halogens is 1. The maximum absolute atomic E-state index is 12.3. The lowest BCUT2D eigenvalue weighted by Gasteiger charge is -2.35. The first-order valence-corrected chi connectivity index (χ1v) is 7.46. The predicted octanol–water partition coefficient (Wildman–Crippen LogP) is 1.13. The van der Waals surface area contributed by atoms with Crippen LogP contribution in [0, 0.1) is 13.8 Å². The second kappa shape index (κ2) is 6.47. The van der Waals surface area contributed by atoms with E-state index in [4.69, 9.17) is 16.1 Å². The quantitative estimate of drug-likeness (QED) is 0.785. The van der Waals surface area contributed by atoms with Crippen molar-refractivity contribution < 1.29 is 14.1 Å². The summed E-state index contributed by atoms with van der Waals surface area (Å²) in [5, 5.41) is 3.34. The van der Waals surface area contributed by atoms with E-state index < -0.39 is 5.38 Å². The van der Waals surface area contributed by atoms with Crippen LogP contribution in [-0.2, 0) is 16.0 Å². The molecule has 0 bridgehead atoms. The minimum atomic E-state index is -0.519. The zero-order valence-electron chi connectivity index (χ0n) is 12.6. The van der Waals surface area contributed by atoms with Crippen LogP contribution in [-0.4, -0.2) is 58.3 Å². The van der Waals surface area contributed by atoms with Crippen molar-refractivity contribution in [2.24, 2.45) is 0 Å². The van der Waals surface area contributed by atoms with Gasteiger partial charge in [-0.3, -0.25) is 9.59 Å². The van der Waals surface area contributed by atoms with Crippen LogP contribution < -0.4 is 0 Å². The number of rotatable bonds is 3. The van der Waals surface area contributed by atoms with Crippen molar-refractivity contribution in [3.63, 3.8) is 0 Å². The van der Waals surface area contributed by atoms with Gasteiger partial charge in [-0.25, -0.2) is 0 Å². The van der Waals surface area contributed by atoms with Crippen molar-refractivity contribution in [2.75, 3.05) is 26.2 Å². The molecular formula is C14H20ClN3O3. The van der Waals surface area contributed by atoms with Crippen LogP contribution in [0.2, 0.25) is 0 Å². The first-order chi connectivity index (χ1) is 9.90. The highest BCUT2D eigenvalue weighted by Crippen LogP contribution is 2.15. The maximum Gasteiger partial charge on any atom is 0.240 e. The monoisotopic (exact) mass is 313 g/mol. The summed E-state index contributed by atoms with van der Waals surface area (Å²) in [6.45, 7) is 7.44. The number of hydrogen-bond acceptors (Lipinski definition) is 4. The molecule has 2 amide bonds. The van der Waals surface area contributed by atoms with Gasteiger partial charge in [0.1, 0.15) is 11.1 Å². The van der Waals surface area contributed by atoms with E-state index in [2.05, 4.69) is 5.16 Å². The van der Waals surface area contributed by atoms with Gasteiger partial charge in [0, 0.05) is 31.7 Å². The van der Waals surface area contributed by atoms with Crippen LogP contribution in [0.25, 0.3) is 0 Å². The fourth-order valence-corrected chi connectivity index (χ4v) is 2.58. The number of carbonyl (C=O) groups excluding carboxylic acids is 2. The molecule has 1 fully saturated rings. The van der Waals surface area contributed by atoms with Gasteiger partial charge in [0.25, 0.3) is 0 Å². The Morgan fingerprint density at radius 1 is 1.24 bits per heavy atom. The molecule has 1 atom stereocenters. The smallest absolute Gasteiger partial charge is 0.240 e. The molecule has 116 valence electrons. The summed E-state index contributed by atoms with van der Waals surface area (Å²) >= 11 is 5.80. The molecule has 7 heteroatoms. The summed E-state index contributed by atoms with van der Waals surface area (Å²) < 4.78 is 5.07. The molecule has 1 saturated heterocycles. The Morgan fingerprint density at radius 2 is 1.81 bits per heavy atom. The van der Waals surface area contributed by atoms with Crippen LogP contribution in [0.4, 0.5) is 0 Å². The van der Waals surface area contributed by atoms with Gasteiger partial charge < -0.3 is 14.3 Å². The van der Waals surface area contributed by atoms with Crippen LogP contribution in [0.3, 0.4) is 0 Å². The van der Waals surface area contributed by atoms with Gasteiger partial charge >= 0.3 is 0 Å². The maximum atomic E-state index is 12.3. The summed E-state index contributed by atoms with van der Waals surface area (Å²) in [6.07, 6.45) is 0.293. The highest BCUT2D eigenvalue weighted by Gasteiger charge is 2.26. The number of carbonyl (C=O) groups is 2. The summed E-state index contributed by atoms with van der Waals surface area (Å²) in [5.41, 5.74) is 1.61. The molecule has 1 aliphatic heterocycles. The summed E-state index contributed by atoms with van der Waals surface area (Å²) in [5.74, 6) is 0.649. The third-order valence-electron chi connectivity index (χ3n) is 3.79. The van der Waals surface area contributed by atoms with Crippen molar-refractivity contribution in [1.82, 2.24) is 15.0 Å². The Hall–Kier alpha value is -1.56. The molecule has 0 aromatic carbocycles. The first kappa shape index (κ1) is 15.8. The number of aryl methyl sites for hydroxylation is 2. The Kier molecular flexibility index (Phi) is 4.88. The zero-order chi connectivity index (χ0) is 15.6. The molecule has 1 aromatic heterocycles. The van der Waals surface area contributed by atoms with Crippen LogP contribution in [0.15, 0.2) is 4.52 Å². The Morgan fingerprint density at radius 3 is 2.29 bits per heavy atom. The standard InChI is InChI=1S/C14H20ClN3O3/c1-9(15)14(20)18-6-4-17(5-7-18)13(19)8-12-10(2)16-21-11(12)3/h9H,4-8H2,1-3H3. The van der Waals surface area contributed by atoms with E-state index in [-0.39, 0.29) is 11.8 Å². The highest BCUT2D eigenvalue weighted by atomic mass is 35.5. The lowest BCUT2D eigenvalue weighted by Crippen LogP contribution is -2.52. The Bertz CT molecular complexity index is 514. The molecule has 21 heavy (non-hydrogen) atoms. The third-order valence-corrected chi connectivity index (χ3v) is 3.98. The molecule has 0 radical (unpaired) electrons. The van der Waals surface area contributed by atoms with Crippen molar-refractivity contribution in [3.05, 3.63) is 17.0 Å². The minimum absolute atomic E-state index is 0.0374. The molecular weight excluding hydrogens is 294 g/mol. The topological polar surface area (TPSA) is 66.7 Å². The summed E-state index contributed by atoms with van der Waals surface area (Å²) in [7, 11) is 0. The zero-order valence-corrected chi connectivity index (χ0v) is 13.3. The van der Waals surface area contributed by atoms with E-state index in [1.54, 1.807) is 23.6 Å². The van der Waals surface area contributed by atoms with E-state index in [1.807, 2.05) is 6.92 Å². The molecule has 0 aliphatic carbocycles. The fourth-order valence-electron chi connectivity index (χ4n) is 2.45. The summed E-state index contributed by atoms with van der Waals surface area (Å²) in [6, 6.07) is 0. The van der Waals surface area contributed by atoms with E-state index >= 15 is 0 Å². The largest absolute Gasteiger partial charge is 0.361 e. The van der Waals surface area contributed by atoms with Gasteiger partial charge in [-0.05, 0) is 20.8 Å². The molecule has 0 N–H and O–H groups in total. The molecule has 1 aliphatic rings. The molecule has 6 nitrogen and oxygen atoms in total. The number of hydrogen-bond donors (Lipinski definition) is 0. The summed E-state index contributed by atoms with van der Waals surface area (Å²) in [4.78, 5) is 27.6. The molecule has 2 heterocycles. The van der Waals surface area contributed by atoms with Gasteiger partial charge in [-0.1, -0.05) is 5.16 Å². The van der Waals surface area contributed by atoms with Gasteiger partial charge in [-0.15, -0.1) is 11.6 Å². The van der Waals surface area contributed by atoms with E-state index in [9.17, 15) is 9.59 Å². The molecule has 1 aromatic rings. The van der Waals surface area contributed by atoms with Gasteiger partial charge in [-0.2, -0.15) is 0 Å². The highest BCUT2D eigenvalue weighted by molar-refractivity contribution is 6.30. The van der Waals surface area contributed by atoms with Gasteiger partial charge in [0.15, 0.2) is 0 Å². The van der Waals surface area contributed by atoms with E-state index in [0.717, 1.165) is 11.3 Å². The Balaban J connectivity index is 1.90. The van der Waals surface area contributed by atoms with Crippen molar-refractivity contribution in [2.45, 2.75) is 32.6 Å². The number of piperazine rings is 1. The van der Waals surface area contributed by atoms with Gasteiger partial charge in [0.05, 0.1) is 12.1 Å². The number of aromatic nitrogens is 1. The normalized spacial score (nSPS) is 17.0. The average molecular weight is 314 g/mol. The molecule has 0 spiro atoms. The lowest BCUT2D eigenvalue weighted by molar-refractivity contribution is -0.138. The van der Waals surface area contributed by atoms with Crippen LogP contribution >= 0.6 is 11.6 Å². The third kappa shape index (κ3) is 3.56. The number of alkyl halides is 1. The van der Waals surface area contributed by atoms with E-state index in [0.29, 0.717) is 38.4 Å². The van der Waals surface area contributed by atoms with Crippen LogP contribution in [0.1, 0.15) is 23.9 Å². The minimum Gasteiger partial charge on any atom is -0.361 e. The second-order valence-corrected chi connectivity index (χ2v) is 5.96. The Labute approximate surface area is 129 Å². The van der Waals surface area contributed by atoms with Crippen molar-refractivity contribution in [3.8, 4) is 0 Å². The number of nitrogens with zero attached hydrogens (tertiary/aromatic N) is 3. The van der Waals surface area contributed by atoms with Gasteiger partial charge in [0.2, 0.25) is 11.8 Å².